The van der Waals surface area contributed by atoms with Gasteiger partial charge in [-0.25, -0.2) is 14.8 Å². The molecule has 4 nitrogen and oxygen atoms in total. The van der Waals surface area contributed by atoms with Crippen LogP contribution in [0, 0.1) is 0 Å². The molecule has 1 aliphatic rings. The smallest absolute Gasteiger partial charge is 0.451 e. The lowest BCUT2D eigenvalue weighted by Crippen LogP contribution is -2.16. The zero-order valence-corrected chi connectivity index (χ0v) is 9.62. The van der Waals surface area contributed by atoms with Crippen LogP contribution in [0.25, 0.3) is 0 Å². The Morgan fingerprint density at radius 2 is 2.17 bits per heavy atom. The fraction of sp³-hybridized carbons (Fsp3) is 0.545. The number of nitrogens with zero attached hydrogens (tertiary/aromatic N) is 2. The van der Waals surface area contributed by atoms with Gasteiger partial charge in [-0.2, -0.15) is 13.2 Å². The summed E-state index contributed by atoms with van der Waals surface area (Å²) in [6, 6.07) is 0. The van der Waals surface area contributed by atoms with Crippen molar-refractivity contribution in [3.05, 3.63) is 23.3 Å². The van der Waals surface area contributed by atoms with Crippen LogP contribution in [0.1, 0.15) is 47.6 Å². The van der Waals surface area contributed by atoms with Gasteiger partial charge in [-0.05, 0) is 19.8 Å². The molecule has 1 aromatic heterocycles. The molecule has 0 spiro atoms. The Morgan fingerprint density at radius 1 is 1.50 bits per heavy atom. The molecule has 0 amide bonds. The van der Waals surface area contributed by atoms with Crippen molar-refractivity contribution in [2.45, 2.75) is 31.9 Å². The average Bonchev–Trinajstić information content (AvgIpc) is 3.11. The molecular weight excluding hydrogens is 249 g/mol. The second-order valence-corrected chi connectivity index (χ2v) is 3.99. The van der Waals surface area contributed by atoms with Gasteiger partial charge < -0.3 is 4.74 Å². The van der Waals surface area contributed by atoms with Crippen LogP contribution in [0.3, 0.4) is 0 Å². The number of aromatic nitrogens is 2. The first kappa shape index (κ1) is 12.8. The number of ether oxygens (including phenoxy) is 1. The van der Waals surface area contributed by atoms with E-state index in [0.717, 1.165) is 19.0 Å². The monoisotopic (exact) mass is 260 g/mol. The third-order valence-electron chi connectivity index (χ3n) is 2.53. The summed E-state index contributed by atoms with van der Waals surface area (Å²) in [5.74, 6) is -1.97. The predicted molar refractivity (Wildman–Crippen MR) is 55.0 cm³/mol. The number of rotatable bonds is 3. The van der Waals surface area contributed by atoms with E-state index in [2.05, 4.69) is 9.97 Å². The first-order valence-corrected chi connectivity index (χ1v) is 5.54. The topological polar surface area (TPSA) is 52.1 Å². The summed E-state index contributed by atoms with van der Waals surface area (Å²) in [6.45, 7) is 1.78. The van der Waals surface area contributed by atoms with Crippen molar-refractivity contribution in [3.8, 4) is 0 Å². The summed E-state index contributed by atoms with van der Waals surface area (Å²) < 4.78 is 42.2. The Kier molecular flexibility index (Phi) is 3.23. The third-order valence-corrected chi connectivity index (χ3v) is 2.53. The molecule has 2 rings (SSSR count). The van der Waals surface area contributed by atoms with E-state index in [4.69, 9.17) is 4.74 Å². The Morgan fingerprint density at radius 3 is 2.67 bits per heavy atom. The van der Waals surface area contributed by atoms with Crippen LogP contribution in [0.2, 0.25) is 0 Å². The summed E-state index contributed by atoms with van der Waals surface area (Å²) in [7, 11) is 0. The second kappa shape index (κ2) is 4.55. The maximum Gasteiger partial charge on any atom is 0.451 e. The Balaban J connectivity index is 2.39. The molecule has 0 aromatic carbocycles. The van der Waals surface area contributed by atoms with Gasteiger partial charge in [0.1, 0.15) is 0 Å². The quantitative estimate of drug-likeness (QED) is 0.784. The number of carbonyl (C=O) groups excluding carboxylic acids is 1. The maximum atomic E-state index is 12.5. The molecule has 18 heavy (non-hydrogen) atoms. The van der Waals surface area contributed by atoms with Gasteiger partial charge >= 0.3 is 12.1 Å². The molecule has 0 saturated heterocycles. The molecule has 98 valence electrons. The van der Waals surface area contributed by atoms with Crippen LogP contribution < -0.4 is 0 Å². The summed E-state index contributed by atoms with van der Waals surface area (Å²) in [6.07, 6.45) is -2.22. The molecular formula is C11H11F3N2O2. The zero-order valence-electron chi connectivity index (χ0n) is 9.62. The van der Waals surface area contributed by atoms with Gasteiger partial charge in [0.15, 0.2) is 0 Å². The van der Waals surface area contributed by atoms with Gasteiger partial charge in [0.2, 0.25) is 5.82 Å². The number of hydrogen-bond donors (Lipinski definition) is 0. The van der Waals surface area contributed by atoms with Crippen LogP contribution in [0.4, 0.5) is 13.2 Å². The fourth-order valence-electron chi connectivity index (χ4n) is 1.57. The lowest BCUT2D eigenvalue weighted by molar-refractivity contribution is -0.145. The largest absolute Gasteiger partial charge is 0.462 e. The predicted octanol–water partition coefficient (Wildman–Crippen LogP) is 2.55. The number of hydrogen-bond acceptors (Lipinski definition) is 4. The Bertz CT molecular complexity index is 470. The summed E-state index contributed by atoms with van der Waals surface area (Å²) in [4.78, 5) is 18.2. The minimum absolute atomic E-state index is 0.0346. The number of esters is 1. The molecule has 1 saturated carbocycles. The fourth-order valence-corrected chi connectivity index (χ4v) is 1.57. The average molecular weight is 260 g/mol. The Hall–Kier alpha value is -1.66. The van der Waals surface area contributed by atoms with E-state index in [9.17, 15) is 18.0 Å². The van der Waals surface area contributed by atoms with Gasteiger partial charge in [-0.1, -0.05) is 0 Å². The maximum absolute atomic E-state index is 12.5. The minimum Gasteiger partial charge on any atom is -0.462 e. The summed E-state index contributed by atoms with van der Waals surface area (Å²) in [5, 5.41) is 0. The minimum atomic E-state index is -4.60. The summed E-state index contributed by atoms with van der Waals surface area (Å²) >= 11 is 0. The lowest BCUT2D eigenvalue weighted by Gasteiger charge is -2.10. The van der Waals surface area contributed by atoms with E-state index in [1.165, 1.54) is 0 Å². The highest BCUT2D eigenvalue weighted by Crippen LogP contribution is 2.41. The molecule has 7 heteroatoms. The molecule has 1 fully saturated rings. The second-order valence-electron chi connectivity index (χ2n) is 3.99. The van der Waals surface area contributed by atoms with Crippen molar-refractivity contribution in [2.24, 2.45) is 0 Å². The van der Waals surface area contributed by atoms with E-state index >= 15 is 0 Å². The van der Waals surface area contributed by atoms with Crippen LogP contribution in [0.5, 0.6) is 0 Å². The first-order chi connectivity index (χ1) is 8.43. The number of halogens is 3. The van der Waals surface area contributed by atoms with E-state index in [-0.39, 0.29) is 23.8 Å². The molecule has 0 aliphatic heterocycles. The standard InChI is InChI=1S/C11H11F3N2O2/c1-2-18-9(17)7-5-15-10(11(12,13)14)16-8(7)6-3-4-6/h5-6H,2-4H2,1H3. The molecule has 0 atom stereocenters. The van der Waals surface area contributed by atoms with Crippen molar-refractivity contribution in [3.63, 3.8) is 0 Å². The summed E-state index contributed by atoms with van der Waals surface area (Å²) in [5.41, 5.74) is 0.183. The molecule has 0 N–H and O–H groups in total. The highest BCUT2D eigenvalue weighted by Gasteiger charge is 2.38. The highest BCUT2D eigenvalue weighted by molar-refractivity contribution is 5.90. The van der Waals surface area contributed by atoms with Crippen molar-refractivity contribution >= 4 is 5.97 Å². The molecule has 0 radical (unpaired) electrons. The number of alkyl halides is 3. The van der Waals surface area contributed by atoms with Crippen LogP contribution in [-0.4, -0.2) is 22.5 Å². The normalized spacial score (nSPS) is 15.6. The van der Waals surface area contributed by atoms with Crippen LogP contribution in [0.15, 0.2) is 6.20 Å². The van der Waals surface area contributed by atoms with Crippen LogP contribution in [-0.2, 0) is 10.9 Å². The molecule has 1 aromatic rings. The van der Waals surface area contributed by atoms with E-state index < -0.39 is 18.0 Å². The lowest BCUT2D eigenvalue weighted by atomic mass is 10.1. The van der Waals surface area contributed by atoms with Crippen molar-refractivity contribution in [2.75, 3.05) is 6.61 Å². The van der Waals surface area contributed by atoms with Gasteiger partial charge in [0, 0.05) is 12.1 Å². The van der Waals surface area contributed by atoms with Gasteiger partial charge in [0.25, 0.3) is 0 Å². The van der Waals surface area contributed by atoms with Crippen molar-refractivity contribution in [1.29, 1.82) is 0 Å². The van der Waals surface area contributed by atoms with E-state index in [1.54, 1.807) is 6.92 Å². The third kappa shape index (κ3) is 2.60. The SMILES string of the molecule is CCOC(=O)c1cnc(C(F)(F)F)nc1C1CC1. The molecule has 0 unspecified atom stereocenters. The highest BCUT2D eigenvalue weighted by atomic mass is 19.4. The number of carbonyl (C=O) groups is 1. The van der Waals surface area contributed by atoms with Crippen LogP contribution >= 0.6 is 0 Å². The first-order valence-electron chi connectivity index (χ1n) is 5.54. The molecule has 1 heterocycles. The van der Waals surface area contributed by atoms with E-state index in [0.29, 0.717) is 0 Å². The van der Waals surface area contributed by atoms with Crippen molar-refractivity contribution < 1.29 is 22.7 Å². The van der Waals surface area contributed by atoms with Crippen molar-refractivity contribution in [1.82, 2.24) is 9.97 Å². The van der Waals surface area contributed by atoms with E-state index in [1.807, 2.05) is 0 Å². The molecule has 1 aliphatic carbocycles. The van der Waals surface area contributed by atoms with Gasteiger partial charge in [0.05, 0.1) is 17.9 Å². The Labute approximate surface area is 101 Å². The molecule has 0 bridgehead atoms. The van der Waals surface area contributed by atoms with Gasteiger partial charge in [-0.15, -0.1) is 0 Å². The van der Waals surface area contributed by atoms with Gasteiger partial charge in [-0.3, -0.25) is 0 Å². The zero-order chi connectivity index (χ0) is 13.3.